The molecule has 1 N–H and O–H groups in total. The molecule has 0 aliphatic rings. The minimum absolute atomic E-state index is 0.174. The van der Waals surface area contributed by atoms with Crippen molar-refractivity contribution >= 4 is 10.0 Å². The quantitative estimate of drug-likeness (QED) is 0.840. The first-order chi connectivity index (χ1) is 10.8. The summed E-state index contributed by atoms with van der Waals surface area (Å²) < 4.78 is 34.9. The molecule has 2 aromatic rings. The number of hydrogen-bond acceptors (Lipinski definition) is 4. The minimum Gasteiger partial charge on any atom is -0.492 e. The molecular formula is C16H23N3O3S. The molecule has 0 spiro atoms. The van der Waals surface area contributed by atoms with Crippen LogP contribution < -0.4 is 9.46 Å². The minimum atomic E-state index is -3.63. The third-order valence-corrected chi connectivity index (χ3v) is 4.89. The molecule has 1 aromatic carbocycles. The Bertz CT molecular complexity index is 782. The standard InChI is InChI=1S/C16H23N3O3S/c1-5-22-15-7-6-12(2)10-16(15)23(20,21)17-8-9-19-14(4)11-13(3)18-19/h6-7,10-11,17H,5,8-9H2,1-4H3. The lowest BCUT2D eigenvalue weighted by atomic mass is 10.2. The van der Waals surface area contributed by atoms with Gasteiger partial charge in [-0.25, -0.2) is 13.1 Å². The van der Waals surface area contributed by atoms with Gasteiger partial charge in [-0.15, -0.1) is 0 Å². The summed E-state index contributed by atoms with van der Waals surface area (Å²) in [6.45, 7) is 8.70. The van der Waals surface area contributed by atoms with Gasteiger partial charge in [0.2, 0.25) is 10.0 Å². The Balaban J connectivity index is 2.12. The maximum atomic E-state index is 12.5. The first-order valence-corrected chi connectivity index (χ1v) is 9.06. The van der Waals surface area contributed by atoms with Crippen molar-refractivity contribution in [3.8, 4) is 5.75 Å². The average Bonchev–Trinajstić information content (AvgIpc) is 2.79. The van der Waals surface area contributed by atoms with E-state index in [2.05, 4.69) is 9.82 Å². The van der Waals surface area contributed by atoms with Crippen LogP contribution in [0.2, 0.25) is 0 Å². The molecule has 6 nitrogen and oxygen atoms in total. The van der Waals surface area contributed by atoms with E-state index in [4.69, 9.17) is 4.74 Å². The molecule has 1 heterocycles. The molecule has 0 saturated heterocycles. The summed E-state index contributed by atoms with van der Waals surface area (Å²) in [6, 6.07) is 7.10. The van der Waals surface area contributed by atoms with Crippen molar-refractivity contribution in [1.82, 2.24) is 14.5 Å². The molecule has 0 atom stereocenters. The fraction of sp³-hybridized carbons (Fsp3) is 0.438. The molecule has 0 saturated carbocycles. The molecule has 0 aliphatic carbocycles. The smallest absolute Gasteiger partial charge is 0.244 e. The molecule has 0 fully saturated rings. The Morgan fingerprint density at radius 3 is 2.57 bits per heavy atom. The number of hydrogen-bond donors (Lipinski definition) is 1. The molecule has 0 unspecified atom stereocenters. The molecular weight excluding hydrogens is 314 g/mol. The third-order valence-electron chi connectivity index (χ3n) is 3.41. The van der Waals surface area contributed by atoms with Crippen molar-refractivity contribution < 1.29 is 13.2 Å². The number of aryl methyl sites for hydroxylation is 3. The molecule has 0 radical (unpaired) electrons. The van der Waals surface area contributed by atoms with Crippen molar-refractivity contribution in [2.24, 2.45) is 0 Å². The van der Waals surface area contributed by atoms with Crippen LogP contribution in [0.25, 0.3) is 0 Å². The fourth-order valence-corrected chi connectivity index (χ4v) is 3.61. The van der Waals surface area contributed by atoms with E-state index in [0.717, 1.165) is 17.0 Å². The Morgan fingerprint density at radius 1 is 1.22 bits per heavy atom. The lowest BCUT2D eigenvalue weighted by Gasteiger charge is -2.13. The molecule has 126 valence electrons. The van der Waals surface area contributed by atoms with Gasteiger partial charge in [-0.2, -0.15) is 5.10 Å². The van der Waals surface area contributed by atoms with Crippen molar-refractivity contribution in [3.63, 3.8) is 0 Å². The molecule has 23 heavy (non-hydrogen) atoms. The van der Waals surface area contributed by atoms with Crippen LogP contribution in [0, 0.1) is 20.8 Å². The summed E-state index contributed by atoms with van der Waals surface area (Å²) >= 11 is 0. The van der Waals surface area contributed by atoms with E-state index in [0.29, 0.717) is 18.9 Å². The normalized spacial score (nSPS) is 11.7. The molecule has 0 amide bonds. The summed E-state index contributed by atoms with van der Waals surface area (Å²) in [5.41, 5.74) is 2.79. The van der Waals surface area contributed by atoms with Crippen molar-refractivity contribution in [2.75, 3.05) is 13.2 Å². The number of benzene rings is 1. The largest absolute Gasteiger partial charge is 0.492 e. The number of rotatable bonds is 7. The summed E-state index contributed by atoms with van der Waals surface area (Å²) in [6.07, 6.45) is 0. The van der Waals surface area contributed by atoms with Crippen molar-refractivity contribution in [2.45, 2.75) is 39.1 Å². The van der Waals surface area contributed by atoms with E-state index in [1.807, 2.05) is 39.8 Å². The molecule has 0 bridgehead atoms. The van der Waals surface area contributed by atoms with Gasteiger partial charge >= 0.3 is 0 Å². The molecule has 7 heteroatoms. The van der Waals surface area contributed by atoms with Crippen LogP contribution in [0.15, 0.2) is 29.2 Å². The zero-order valence-electron chi connectivity index (χ0n) is 14.0. The van der Waals surface area contributed by atoms with E-state index in [9.17, 15) is 8.42 Å². The Kier molecular flexibility index (Phi) is 5.43. The number of sulfonamides is 1. The van der Waals surface area contributed by atoms with Crippen molar-refractivity contribution in [1.29, 1.82) is 0 Å². The Hall–Kier alpha value is -1.86. The monoisotopic (exact) mass is 337 g/mol. The number of ether oxygens (including phenoxy) is 1. The van der Waals surface area contributed by atoms with Gasteiger partial charge in [-0.1, -0.05) is 6.07 Å². The Morgan fingerprint density at radius 2 is 1.96 bits per heavy atom. The number of nitrogens with zero attached hydrogens (tertiary/aromatic N) is 2. The zero-order valence-corrected chi connectivity index (χ0v) is 14.8. The summed E-state index contributed by atoms with van der Waals surface area (Å²) in [4.78, 5) is 0.174. The summed E-state index contributed by atoms with van der Waals surface area (Å²) in [7, 11) is -3.63. The first-order valence-electron chi connectivity index (χ1n) is 7.57. The molecule has 2 rings (SSSR count). The van der Waals surface area contributed by atoms with Crippen LogP contribution in [-0.2, 0) is 16.6 Å². The van der Waals surface area contributed by atoms with Gasteiger partial charge < -0.3 is 4.74 Å². The number of aromatic nitrogens is 2. The second kappa shape index (κ2) is 7.14. The van der Waals surface area contributed by atoms with Crippen LogP contribution in [-0.4, -0.2) is 31.3 Å². The van der Waals surface area contributed by atoms with Gasteiger partial charge in [0.1, 0.15) is 10.6 Å². The van der Waals surface area contributed by atoms with Gasteiger partial charge in [0.25, 0.3) is 0 Å². The summed E-state index contributed by atoms with van der Waals surface area (Å²) in [5.74, 6) is 0.372. The van der Waals surface area contributed by atoms with E-state index < -0.39 is 10.0 Å². The van der Waals surface area contributed by atoms with Crippen LogP contribution in [0.1, 0.15) is 23.9 Å². The highest BCUT2D eigenvalue weighted by atomic mass is 32.2. The lowest BCUT2D eigenvalue weighted by molar-refractivity contribution is 0.331. The van der Waals surface area contributed by atoms with Crippen LogP contribution in [0.3, 0.4) is 0 Å². The molecule has 1 aromatic heterocycles. The molecule has 0 aliphatic heterocycles. The predicted octanol–water partition coefficient (Wildman–Crippen LogP) is 2.19. The summed E-state index contributed by atoms with van der Waals surface area (Å²) in [5, 5.41) is 4.32. The second-order valence-corrected chi connectivity index (χ2v) is 7.17. The predicted molar refractivity (Wildman–Crippen MR) is 89.2 cm³/mol. The van der Waals surface area contributed by atoms with Gasteiger partial charge in [0.05, 0.1) is 18.8 Å². The van der Waals surface area contributed by atoms with Gasteiger partial charge in [-0.3, -0.25) is 4.68 Å². The van der Waals surface area contributed by atoms with E-state index >= 15 is 0 Å². The van der Waals surface area contributed by atoms with Gasteiger partial charge in [0, 0.05) is 12.2 Å². The van der Waals surface area contributed by atoms with Gasteiger partial charge in [0.15, 0.2) is 0 Å². The van der Waals surface area contributed by atoms with Crippen molar-refractivity contribution in [3.05, 3.63) is 41.2 Å². The highest BCUT2D eigenvalue weighted by Gasteiger charge is 2.19. The lowest BCUT2D eigenvalue weighted by Crippen LogP contribution is -2.28. The SMILES string of the molecule is CCOc1ccc(C)cc1S(=O)(=O)NCCn1nc(C)cc1C. The highest BCUT2D eigenvalue weighted by Crippen LogP contribution is 2.24. The third kappa shape index (κ3) is 4.33. The van der Waals surface area contributed by atoms with Crippen LogP contribution in [0.5, 0.6) is 5.75 Å². The maximum absolute atomic E-state index is 12.5. The average molecular weight is 337 g/mol. The second-order valence-electron chi connectivity index (χ2n) is 5.43. The highest BCUT2D eigenvalue weighted by molar-refractivity contribution is 7.89. The zero-order chi connectivity index (χ0) is 17.0. The van der Waals surface area contributed by atoms with Crippen LogP contribution >= 0.6 is 0 Å². The fourth-order valence-electron chi connectivity index (χ4n) is 2.37. The van der Waals surface area contributed by atoms with E-state index in [1.165, 1.54) is 0 Å². The maximum Gasteiger partial charge on any atom is 0.244 e. The Labute approximate surface area is 137 Å². The van der Waals surface area contributed by atoms with E-state index in [-0.39, 0.29) is 11.4 Å². The first kappa shape index (κ1) is 17.5. The van der Waals surface area contributed by atoms with Crippen LogP contribution in [0.4, 0.5) is 0 Å². The number of nitrogens with one attached hydrogen (secondary N) is 1. The topological polar surface area (TPSA) is 73.2 Å². The van der Waals surface area contributed by atoms with Gasteiger partial charge in [-0.05, 0) is 51.5 Å². The van der Waals surface area contributed by atoms with E-state index in [1.54, 1.807) is 16.8 Å².